The van der Waals surface area contributed by atoms with Gasteiger partial charge in [-0.05, 0) is 36.2 Å². The normalized spacial score (nSPS) is 16.2. The maximum atomic E-state index is 6.25. The van der Waals surface area contributed by atoms with Gasteiger partial charge in [-0.25, -0.2) is 0 Å². The third-order valence-corrected chi connectivity index (χ3v) is 4.46. The van der Waals surface area contributed by atoms with E-state index in [1.165, 1.54) is 16.8 Å². The molecule has 2 nitrogen and oxygen atoms in total. The van der Waals surface area contributed by atoms with E-state index < -0.39 is 0 Å². The Labute approximate surface area is 131 Å². The van der Waals surface area contributed by atoms with Gasteiger partial charge in [0, 0.05) is 43.4 Å². The van der Waals surface area contributed by atoms with Crippen LogP contribution in [0, 0.1) is 6.92 Å². The monoisotopic (exact) mass is 300 g/mol. The zero-order valence-electron chi connectivity index (χ0n) is 12.4. The average Bonchev–Trinajstić information content (AvgIpc) is 2.50. The van der Waals surface area contributed by atoms with Gasteiger partial charge in [0.25, 0.3) is 0 Å². The lowest BCUT2D eigenvalue weighted by Crippen LogP contribution is -2.46. The van der Waals surface area contributed by atoms with Crippen LogP contribution < -0.4 is 4.90 Å². The Kier molecular flexibility index (Phi) is 4.47. The molecule has 0 aliphatic carbocycles. The molecule has 0 bridgehead atoms. The highest BCUT2D eigenvalue weighted by Gasteiger charge is 2.17. The van der Waals surface area contributed by atoms with Gasteiger partial charge in [0.2, 0.25) is 0 Å². The van der Waals surface area contributed by atoms with Crippen molar-refractivity contribution >= 4 is 17.3 Å². The Hall–Kier alpha value is -1.51. The number of halogens is 1. The Morgan fingerprint density at radius 2 is 1.71 bits per heavy atom. The minimum atomic E-state index is 0.874. The van der Waals surface area contributed by atoms with E-state index in [9.17, 15) is 0 Å². The fourth-order valence-electron chi connectivity index (χ4n) is 2.86. The van der Waals surface area contributed by atoms with Gasteiger partial charge in [0.1, 0.15) is 0 Å². The standard InChI is InChI=1S/C18H21ClN2/c1-15-5-4-7-17(13-15)21-11-9-20(10-12-21)14-16-6-2-3-8-18(16)19/h2-8,13H,9-12,14H2,1H3. The van der Waals surface area contributed by atoms with Crippen molar-refractivity contribution in [2.75, 3.05) is 31.1 Å². The molecule has 0 aromatic heterocycles. The number of anilines is 1. The van der Waals surface area contributed by atoms with Gasteiger partial charge < -0.3 is 4.90 Å². The zero-order chi connectivity index (χ0) is 14.7. The second-order valence-electron chi connectivity index (χ2n) is 5.69. The van der Waals surface area contributed by atoms with Gasteiger partial charge in [-0.15, -0.1) is 0 Å². The van der Waals surface area contributed by atoms with E-state index in [-0.39, 0.29) is 0 Å². The lowest BCUT2D eigenvalue weighted by molar-refractivity contribution is 0.250. The van der Waals surface area contributed by atoms with Crippen LogP contribution >= 0.6 is 11.6 Å². The number of nitrogens with zero attached hydrogens (tertiary/aromatic N) is 2. The molecule has 1 aliphatic rings. The number of aryl methyl sites for hydroxylation is 1. The van der Waals surface area contributed by atoms with Crippen LogP contribution in [0.25, 0.3) is 0 Å². The predicted molar refractivity (Wildman–Crippen MR) is 90.1 cm³/mol. The first-order valence-corrected chi connectivity index (χ1v) is 7.87. The van der Waals surface area contributed by atoms with Gasteiger partial charge in [-0.1, -0.05) is 41.9 Å². The molecule has 0 spiro atoms. The van der Waals surface area contributed by atoms with Gasteiger partial charge in [-0.2, -0.15) is 0 Å². The van der Waals surface area contributed by atoms with Crippen molar-refractivity contribution in [1.82, 2.24) is 4.90 Å². The van der Waals surface area contributed by atoms with Gasteiger partial charge >= 0.3 is 0 Å². The number of benzene rings is 2. The molecule has 1 fully saturated rings. The minimum absolute atomic E-state index is 0.874. The van der Waals surface area contributed by atoms with Crippen LogP contribution in [0.1, 0.15) is 11.1 Å². The number of piperazine rings is 1. The lowest BCUT2D eigenvalue weighted by Gasteiger charge is -2.36. The summed E-state index contributed by atoms with van der Waals surface area (Å²) in [5, 5.41) is 0.874. The summed E-state index contributed by atoms with van der Waals surface area (Å²) in [7, 11) is 0. The maximum Gasteiger partial charge on any atom is 0.0451 e. The van der Waals surface area contributed by atoms with Crippen molar-refractivity contribution in [3.8, 4) is 0 Å². The molecule has 1 heterocycles. The third-order valence-electron chi connectivity index (χ3n) is 4.09. The maximum absolute atomic E-state index is 6.25. The first-order valence-electron chi connectivity index (χ1n) is 7.50. The van der Waals surface area contributed by atoms with Gasteiger partial charge in [0.15, 0.2) is 0 Å². The highest BCUT2D eigenvalue weighted by atomic mass is 35.5. The summed E-state index contributed by atoms with van der Waals surface area (Å²) in [5.41, 5.74) is 3.89. The minimum Gasteiger partial charge on any atom is -0.369 e. The Balaban J connectivity index is 1.59. The molecule has 0 unspecified atom stereocenters. The van der Waals surface area contributed by atoms with E-state index in [1.807, 2.05) is 12.1 Å². The van der Waals surface area contributed by atoms with Crippen LogP contribution in [0.15, 0.2) is 48.5 Å². The fraction of sp³-hybridized carbons (Fsp3) is 0.333. The average molecular weight is 301 g/mol. The van der Waals surface area contributed by atoms with Crippen molar-refractivity contribution in [2.45, 2.75) is 13.5 Å². The van der Waals surface area contributed by atoms with E-state index in [2.05, 4.69) is 53.1 Å². The molecule has 1 saturated heterocycles. The summed E-state index contributed by atoms with van der Waals surface area (Å²) >= 11 is 6.25. The summed E-state index contributed by atoms with van der Waals surface area (Å²) in [5.74, 6) is 0. The SMILES string of the molecule is Cc1cccc(N2CCN(Cc3ccccc3Cl)CC2)c1. The molecular weight excluding hydrogens is 280 g/mol. The van der Waals surface area contributed by atoms with Crippen molar-refractivity contribution in [3.05, 3.63) is 64.7 Å². The van der Waals surface area contributed by atoms with Crippen molar-refractivity contribution < 1.29 is 0 Å². The molecule has 2 aromatic carbocycles. The molecule has 0 N–H and O–H groups in total. The van der Waals surface area contributed by atoms with E-state index >= 15 is 0 Å². The largest absolute Gasteiger partial charge is 0.369 e. The summed E-state index contributed by atoms with van der Waals surface area (Å²) in [6.07, 6.45) is 0. The van der Waals surface area contributed by atoms with Gasteiger partial charge in [-0.3, -0.25) is 4.90 Å². The van der Waals surface area contributed by atoms with E-state index in [4.69, 9.17) is 11.6 Å². The van der Waals surface area contributed by atoms with Crippen LogP contribution in [-0.4, -0.2) is 31.1 Å². The van der Waals surface area contributed by atoms with Crippen LogP contribution in [0.5, 0.6) is 0 Å². The molecule has 3 heteroatoms. The number of hydrogen-bond acceptors (Lipinski definition) is 2. The molecule has 0 amide bonds. The van der Waals surface area contributed by atoms with E-state index in [1.54, 1.807) is 0 Å². The predicted octanol–water partition coefficient (Wildman–Crippen LogP) is 3.97. The lowest BCUT2D eigenvalue weighted by atomic mass is 10.1. The molecule has 3 rings (SSSR count). The molecular formula is C18H21ClN2. The first kappa shape index (κ1) is 14.4. The zero-order valence-corrected chi connectivity index (χ0v) is 13.2. The third kappa shape index (κ3) is 3.58. The topological polar surface area (TPSA) is 6.48 Å². The molecule has 110 valence electrons. The molecule has 0 atom stereocenters. The van der Waals surface area contributed by atoms with Crippen LogP contribution in [0.3, 0.4) is 0 Å². The van der Waals surface area contributed by atoms with Gasteiger partial charge in [0.05, 0.1) is 0 Å². The Bertz CT molecular complexity index is 604. The summed E-state index contributed by atoms with van der Waals surface area (Å²) in [6.45, 7) is 7.42. The van der Waals surface area contributed by atoms with Crippen molar-refractivity contribution in [3.63, 3.8) is 0 Å². The van der Waals surface area contributed by atoms with Crippen molar-refractivity contribution in [1.29, 1.82) is 0 Å². The summed E-state index contributed by atoms with van der Waals surface area (Å²) < 4.78 is 0. The molecule has 0 radical (unpaired) electrons. The molecule has 21 heavy (non-hydrogen) atoms. The Morgan fingerprint density at radius 3 is 2.43 bits per heavy atom. The Morgan fingerprint density at radius 1 is 0.952 bits per heavy atom. The first-order chi connectivity index (χ1) is 10.2. The quantitative estimate of drug-likeness (QED) is 0.846. The smallest absolute Gasteiger partial charge is 0.0451 e. The highest BCUT2D eigenvalue weighted by molar-refractivity contribution is 6.31. The van der Waals surface area contributed by atoms with E-state index in [0.717, 1.165) is 37.7 Å². The molecule has 1 aliphatic heterocycles. The summed E-state index contributed by atoms with van der Waals surface area (Å²) in [6, 6.07) is 16.9. The van der Waals surface area contributed by atoms with Crippen molar-refractivity contribution in [2.24, 2.45) is 0 Å². The van der Waals surface area contributed by atoms with E-state index in [0.29, 0.717) is 0 Å². The van der Waals surface area contributed by atoms with Crippen LogP contribution in [-0.2, 0) is 6.54 Å². The highest BCUT2D eigenvalue weighted by Crippen LogP contribution is 2.21. The number of rotatable bonds is 3. The summed E-state index contributed by atoms with van der Waals surface area (Å²) in [4.78, 5) is 4.95. The van der Waals surface area contributed by atoms with Crippen LogP contribution in [0.2, 0.25) is 5.02 Å². The second-order valence-corrected chi connectivity index (χ2v) is 6.10. The second kappa shape index (κ2) is 6.50. The fourth-order valence-corrected chi connectivity index (χ4v) is 3.05. The van der Waals surface area contributed by atoms with Crippen LogP contribution in [0.4, 0.5) is 5.69 Å². The molecule has 2 aromatic rings. The number of hydrogen-bond donors (Lipinski definition) is 0. The molecule has 0 saturated carbocycles.